The molecule has 1 atom stereocenters. The van der Waals surface area contributed by atoms with Crippen molar-refractivity contribution in [3.8, 4) is 11.3 Å². The van der Waals surface area contributed by atoms with Gasteiger partial charge < -0.3 is 14.5 Å². The summed E-state index contributed by atoms with van der Waals surface area (Å²) in [6, 6.07) is 13.4. The van der Waals surface area contributed by atoms with E-state index in [9.17, 15) is 9.59 Å². The lowest BCUT2D eigenvalue weighted by Gasteiger charge is -2.24. The number of carbonyl (C=O) groups excluding carboxylic acids is 2. The van der Waals surface area contributed by atoms with Crippen LogP contribution in [0.2, 0.25) is 0 Å². The highest BCUT2D eigenvalue weighted by atomic mass is 16.5. The van der Waals surface area contributed by atoms with E-state index in [1.807, 2.05) is 52.3 Å². The van der Waals surface area contributed by atoms with E-state index in [0.29, 0.717) is 38.2 Å². The molecule has 32 heavy (non-hydrogen) atoms. The Balaban J connectivity index is 1.45. The number of methoxy groups -OCH3 is 1. The smallest absolute Gasteiger partial charge is 0.254 e. The van der Waals surface area contributed by atoms with Gasteiger partial charge in [-0.3, -0.25) is 14.6 Å². The first-order valence-corrected chi connectivity index (χ1v) is 11.0. The Hall–Kier alpha value is -3.32. The van der Waals surface area contributed by atoms with E-state index in [1.54, 1.807) is 19.5 Å². The molecule has 2 aromatic heterocycles. The first-order chi connectivity index (χ1) is 15.6. The van der Waals surface area contributed by atoms with E-state index in [0.717, 1.165) is 35.1 Å². The van der Waals surface area contributed by atoms with Crippen LogP contribution in [0.1, 0.15) is 23.2 Å². The van der Waals surface area contributed by atoms with Crippen LogP contribution in [0.25, 0.3) is 22.2 Å². The summed E-state index contributed by atoms with van der Waals surface area (Å²) in [5, 5.41) is 0.825. The maximum atomic E-state index is 13.7. The number of aromatic nitrogens is 2. The molecule has 0 N–H and O–H groups in total. The summed E-state index contributed by atoms with van der Waals surface area (Å²) in [7, 11) is 1.64. The molecule has 3 aromatic rings. The van der Waals surface area contributed by atoms with Crippen molar-refractivity contribution in [2.45, 2.75) is 12.8 Å². The molecule has 1 spiro atoms. The van der Waals surface area contributed by atoms with Gasteiger partial charge in [-0.25, -0.2) is 4.98 Å². The highest BCUT2D eigenvalue weighted by molar-refractivity contribution is 6.07. The number of carbonyl (C=O) groups is 2. The van der Waals surface area contributed by atoms with Crippen LogP contribution in [-0.4, -0.2) is 71.5 Å². The van der Waals surface area contributed by atoms with E-state index in [4.69, 9.17) is 9.72 Å². The largest absolute Gasteiger partial charge is 0.383 e. The normalized spacial score (nSPS) is 20.6. The number of fused-ring (bicyclic) bond motifs is 1. The summed E-state index contributed by atoms with van der Waals surface area (Å²) in [4.78, 5) is 39.4. The highest BCUT2D eigenvalue weighted by Crippen LogP contribution is 2.41. The third-order valence-electron chi connectivity index (χ3n) is 6.71. The fraction of sp³-hybridized carbons (Fsp3) is 0.360. The van der Waals surface area contributed by atoms with Crippen LogP contribution in [0.4, 0.5) is 0 Å². The first-order valence-electron chi connectivity index (χ1n) is 11.0. The molecule has 2 amide bonds. The fourth-order valence-corrected chi connectivity index (χ4v) is 4.92. The van der Waals surface area contributed by atoms with Crippen LogP contribution in [0.5, 0.6) is 0 Å². The van der Waals surface area contributed by atoms with Crippen molar-refractivity contribution in [1.29, 1.82) is 0 Å². The number of rotatable bonds is 5. The Bertz CT molecular complexity index is 1170. The Morgan fingerprint density at radius 2 is 2.00 bits per heavy atom. The molecule has 7 nitrogen and oxygen atoms in total. The number of nitrogens with zero attached hydrogens (tertiary/aromatic N) is 4. The zero-order valence-corrected chi connectivity index (χ0v) is 18.2. The third kappa shape index (κ3) is 3.52. The summed E-state index contributed by atoms with van der Waals surface area (Å²) < 4.78 is 5.14. The molecule has 2 aliphatic heterocycles. The summed E-state index contributed by atoms with van der Waals surface area (Å²) in [5.41, 5.74) is 2.52. The van der Waals surface area contributed by atoms with Crippen molar-refractivity contribution in [2.24, 2.45) is 5.41 Å². The van der Waals surface area contributed by atoms with Gasteiger partial charge >= 0.3 is 0 Å². The van der Waals surface area contributed by atoms with Crippen LogP contribution in [-0.2, 0) is 9.53 Å². The molecule has 2 saturated heterocycles. The van der Waals surface area contributed by atoms with E-state index in [2.05, 4.69) is 4.98 Å². The summed E-state index contributed by atoms with van der Waals surface area (Å²) >= 11 is 0. The van der Waals surface area contributed by atoms with Gasteiger partial charge in [0.15, 0.2) is 0 Å². The average Bonchev–Trinajstić information content (AvgIpc) is 3.41. The topological polar surface area (TPSA) is 75.6 Å². The number of para-hydroxylation sites is 1. The van der Waals surface area contributed by atoms with E-state index >= 15 is 0 Å². The molecular formula is C25H26N4O3. The third-order valence-corrected chi connectivity index (χ3v) is 6.71. The lowest BCUT2D eigenvalue weighted by atomic mass is 9.85. The van der Waals surface area contributed by atoms with Gasteiger partial charge in [-0.2, -0.15) is 0 Å². The van der Waals surface area contributed by atoms with Crippen molar-refractivity contribution < 1.29 is 14.3 Å². The zero-order chi connectivity index (χ0) is 22.1. The van der Waals surface area contributed by atoms with Crippen molar-refractivity contribution >= 4 is 22.7 Å². The zero-order valence-electron chi connectivity index (χ0n) is 18.2. The van der Waals surface area contributed by atoms with Gasteiger partial charge in [0.2, 0.25) is 5.91 Å². The molecule has 7 heteroatoms. The number of amides is 2. The van der Waals surface area contributed by atoms with E-state index < -0.39 is 5.41 Å². The molecular weight excluding hydrogens is 404 g/mol. The Morgan fingerprint density at radius 3 is 2.81 bits per heavy atom. The van der Waals surface area contributed by atoms with Gasteiger partial charge in [0.05, 0.1) is 28.8 Å². The second kappa shape index (κ2) is 8.31. The van der Waals surface area contributed by atoms with E-state index in [1.165, 1.54) is 0 Å². The van der Waals surface area contributed by atoms with Crippen LogP contribution in [0.3, 0.4) is 0 Å². The minimum absolute atomic E-state index is 0.0474. The minimum Gasteiger partial charge on any atom is -0.383 e. The number of ether oxygens (including phenoxy) is 1. The van der Waals surface area contributed by atoms with Gasteiger partial charge in [0.1, 0.15) is 0 Å². The second-order valence-electron chi connectivity index (χ2n) is 8.61. The van der Waals surface area contributed by atoms with Gasteiger partial charge in [0.25, 0.3) is 5.91 Å². The summed E-state index contributed by atoms with van der Waals surface area (Å²) in [5.74, 6) is 0.106. The minimum atomic E-state index is -0.460. The molecule has 1 aromatic carbocycles. The fourth-order valence-electron chi connectivity index (χ4n) is 4.92. The van der Waals surface area contributed by atoms with Crippen molar-refractivity contribution in [2.75, 3.05) is 39.9 Å². The number of likely N-dealkylation sites (tertiary alicyclic amines) is 2. The number of benzene rings is 1. The van der Waals surface area contributed by atoms with Crippen molar-refractivity contribution in [1.82, 2.24) is 19.8 Å². The monoisotopic (exact) mass is 430 g/mol. The standard InChI is InChI=1S/C25H26N4O3/c1-32-14-13-28-11-8-25(24(28)31)9-12-29(17-25)23(30)20-15-22(18-5-4-10-26-16-18)27-21-7-3-2-6-19(20)21/h2-7,10,15-16H,8-9,11-14,17H2,1H3. The maximum absolute atomic E-state index is 13.7. The molecule has 2 fully saturated rings. The van der Waals surface area contributed by atoms with Crippen molar-refractivity contribution in [3.05, 3.63) is 60.4 Å². The number of pyridine rings is 2. The second-order valence-corrected chi connectivity index (χ2v) is 8.61. The molecule has 0 aliphatic carbocycles. The highest BCUT2D eigenvalue weighted by Gasteiger charge is 2.51. The SMILES string of the molecule is COCCN1CCC2(CCN(C(=O)c3cc(-c4cccnc4)nc4ccccc34)C2)C1=O. The molecule has 2 aliphatic rings. The Labute approximate surface area is 187 Å². The molecule has 5 rings (SSSR count). The predicted octanol–water partition coefficient (Wildman–Crippen LogP) is 3.01. The molecule has 164 valence electrons. The average molecular weight is 431 g/mol. The lowest BCUT2D eigenvalue weighted by molar-refractivity contribution is -0.135. The molecule has 0 radical (unpaired) electrons. The Kier molecular flexibility index (Phi) is 5.35. The van der Waals surface area contributed by atoms with Gasteiger partial charge in [-0.05, 0) is 37.1 Å². The maximum Gasteiger partial charge on any atom is 0.254 e. The van der Waals surface area contributed by atoms with Gasteiger partial charge in [-0.15, -0.1) is 0 Å². The molecule has 1 unspecified atom stereocenters. The summed E-state index contributed by atoms with van der Waals surface area (Å²) in [6.45, 7) is 2.92. The van der Waals surface area contributed by atoms with Gasteiger partial charge in [0, 0.05) is 56.6 Å². The van der Waals surface area contributed by atoms with Crippen LogP contribution >= 0.6 is 0 Å². The van der Waals surface area contributed by atoms with Crippen LogP contribution in [0, 0.1) is 5.41 Å². The lowest BCUT2D eigenvalue weighted by Crippen LogP contribution is -2.39. The van der Waals surface area contributed by atoms with Crippen molar-refractivity contribution in [3.63, 3.8) is 0 Å². The molecule has 4 heterocycles. The van der Waals surface area contributed by atoms with E-state index in [-0.39, 0.29) is 11.8 Å². The summed E-state index contributed by atoms with van der Waals surface area (Å²) in [6.07, 6.45) is 4.97. The van der Waals surface area contributed by atoms with Gasteiger partial charge in [-0.1, -0.05) is 18.2 Å². The molecule has 0 saturated carbocycles. The number of hydrogen-bond acceptors (Lipinski definition) is 5. The Morgan fingerprint density at radius 1 is 1.16 bits per heavy atom. The quantitative estimate of drug-likeness (QED) is 0.622. The number of hydrogen-bond donors (Lipinski definition) is 0. The molecule has 0 bridgehead atoms. The van der Waals surface area contributed by atoms with Crippen LogP contribution < -0.4 is 0 Å². The first kappa shape index (κ1) is 20.6. The van der Waals surface area contributed by atoms with Crippen LogP contribution in [0.15, 0.2) is 54.9 Å². The predicted molar refractivity (Wildman–Crippen MR) is 121 cm³/mol.